The Balaban J connectivity index is 1.90. The molecule has 0 saturated carbocycles. The van der Waals surface area contributed by atoms with E-state index in [0.717, 1.165) is 15.6 Å². The van der Waals surface area contributed by atoms with Crippen LogP contribution in [0.5, 0.6) is 0 Å². The Kier molecular flexibility index (Phi) is 5.40. The molecule has 120 valence electrons. The molecule has 0 aliphatic carbocycles. The molecule has 3 aromatic rings. The van der Waals surface area contributed by atoms with Crippen molar-refractivity contribution < 1.29 is 0 Å². The summed E-state index contributed by atoms with van der Waals surface area (Å²) in [5, 5.41) is 12.1. The van der Waals surface area contributed by atoms with Crippen LogP contribution in [0.25, 0.3) is 17.5 Å². The minimum atomic E-state index is 0.413. The van der Waals surface area contributed by atoms with Gasteiger partial charge in [-0.15, -0.1) is 0 Å². The van der Waals surface area contributed by atoms with Crippen LogP contribution < -0.4 is 0 Å². The molecule has 0 saturated heterocycles. The highest BCUT2D eigenvalue weighted by molar-refractivity contribution is 9.12. The zero-order valence-corrected chi connectivity index (χ0v) is 15.5. The zero-order valence-electron chi connectivity index (χ0n) is 12.4. The van der Waals surface area contributed by atoms with Gasteiger partial charge in [0.25, 0.3) is 0 Å². The van der Waals surface area contributed by atoms with Crippen molar-refractivity contribution in [2.75, 3.05) is 0 Å². The average molecular weight is 420 g/mol. The predicted molar refractivity (Wildman–Crippen MR) is 105 cm³/mol. The zero-order chi connectivity index (χ0) is 16.9. The highest BCUT2D eigenvalue weighted by Gasteiger charge is 2.07. The molecule has 7 heteroatoms. The molecule has 1 N–H and O–H groups in total. The van der Waals surface area contributed by atoms with Crippen LogP contribution in [0.3, 0.4) is 0 Å². The third-order valence-corrected chi connectivity index (χ3v) is 4.10. The third-order valence-electron chi connectivity index (χ3n) is 3.15. The predicted octanol–water partition coefficient (Wildman–Crippen LogP) is 5.53. The SMILES string of the molecule is S=c1[nH]nc(-c2ccc(Cl)cc2)n1N=CC(Br)=Cc1ccccc1. The second-order valence-corrected chi connectivity index (χ2v) is 6.59. The van der Waals surface area contributed by atoms with Crippen LogP contribution >= 0.6 is 39.7 Å². The fourth-order valence-electron chi connectivity index (χ4n) is 2.04. The second kappa shape index (κ2) is 7.70. The molecule has 1 heterocycles. The van der Waals surface area contributed by atoms with Crippen molar-refractivity contribution in [3.05, 3.63) is 74.4 Å². The Labute approximate surface area is 157 Å². The van der Waals surface area contributed by atoms with E-state index in [-0.39, 0.29) is 0 Å². The van der Waals surface area contributed by atoms with Gasteiger partial charge in [-0.25, -0.2) is 5.10 Å². The molecule has 24 heavy (non-hydrogen) atoms. The van der Waals surface area contributed by atoms with E-state index in [9.17, 15) is 0 Å². The van der Waals surface area contributed by atoms with Crippen molar-refractivity contribution >= 4 is 52.0 Å². The van der Waals surface area contributed by atoms with Crippen LogP contribution in [0.15, 0.2) is 64.2 Å². The number of H-pyrrole nitrogens is 1. The summed E-state index contributed by atoms with van der Waals surface area (Å²) in [5.41, 5.74) is 1.94. The first-order chi connectivity index (χ1) is 11.6. The summed E-state index contributed by atoms with van der Waals surface area (Å²) in [6, 6.07) is 17.3. The van der Waals surface area contributed by atoms with Crippen LogP contribution in [0.1, 0.15) is 5.56 Å². The standard InChI is InChI=1S/C17H12BrClN4S/c18-14(10-12-4-2-1-3-5-12)11-20-23-16(21-22-17(23)24)13-6-8-15(19)9-7-13/h1-11H,(H,22,24). The maximum Gasteiger partial charge on any atom is 0.216 e. The van der Waals surface area contributed by atoms with Gasteiger partial charge >= 0.3 is 0 Å². The number of allylic oxidation sites excluding steroid dienone is 1. The molecule has 0 aliphatic heterocycles. The van der Waals surface area contributed by atoms with Crippen molar-refractivity contribution in [1.82, 2.24) is 14.9 Å². The smallest absolute Gasteiger partial charge is 0.216 e. The summed E-state index contributed by atoms with van der Waals surface area (Å²) >= 11 is 14.7. The van der Waals surface area contributed by atoms with E-state index in [1.807, 2.05) is 48.5 Å². The maximum absolute atomic E-state index is 5.92. The topological polar surface area (TPSA) is 46.0 Å². The molecule has 3 rings (SSSR count). The Morgan fingerprint density at radius 3 is 2.58 bits per heavy atom. The van der Waals surface area contributed by atoms with Gasteiger partial charge in [0.05, 0.1) is 6.21 Å². The first-order valence-electron chi connectivity index (χ1n) is 7.03. The number of aromatic nitrogens is 3. The van der Waals surface area contributed by atoms with Gasteiger partial charge < -0.3 is 0 Å². The summed E-state index contributed by atoms with van der Waals surface area (Å²) in [6.07, 6.45) is 3.65. The summed E-state index contributed by atoms with van der Waals surface area (Å²) < 4.78 is 2.80. The highest BCUT2D eigenvalue weighted by atomic mass is 79.9. The lowest BCUT2D eigenvalue weighted by Crippen LogP contribution is -1.94. The van der Waals surface area contributed by atoms with Crippen molar-refractivity contribution in [3.8, 4) is 11.4 Å². The van der Waals surface area contributed by atoms with E-state index in [0.29, 0.717) is 15.6 Å². The van der Waals surface area contributed by atoms with E-state index >= 15 is 0 Å². The van der Waals surface area contributed by atoms with Gasteiger partial charge in [0.15, 0.2) is 5.82 Å². The maximum atomic E-state index is 5.92. The average Bonchev–Trinajstić information content (AvgIpc) is 2.95. The molecule has 0 bridgehead atoms. The fraction of sp³-hybridized carbons (Fsp3) is 0. The third kappa shape index (κ3) is 4.08. The number of hydrogen-bond donors (Lipinski definition) is 1. The molecule has 4 nitrogen and oxygen atoms in total. The summed E-state index contributed by atoms with van der Waals surface area (Å²) in [4.78, 5) is 0. The van der Waals surface area contributed by atoms with Gasteiger partial charge in [-0.3, -0.25) is 0 Å². The van der Waals surface area contributed by atoms with Crippen molar-refractivity contribution in [3.63, 3.8) is 0 Å². The molecule has 2 aromatic carbocycles. The Morgan fingerprint density at radius 2 is 1.88 bits per heavy atom. The monoisotopic (exact) mass is 418 g/mol. The Hall–Kier alpha value is -2.02. The van der Waals surface area contributed by atoms with E-state index < -0.39 is 0 Å². The highest BCUT2D eigenvalue weighted by Crippen LogP contribution is 2.20. The molecule has 0 fully saturated rings. The van der Waals surface area contributed by atoms with Crippen LogP contribution in [0.2, 0.25) is 5.02 Å². The van der Waals surface area contributed by atoms with Crippen LogP contribution in [0, 0.1) is 4.77 Å². The Morgan fingerprint density at radius 1 is 1.17 bits per heavy atom. The van der Waals surface area contributed by atoms with Gasteiger partial charge in [-0.05, 0) is 64.1 Å². The molecule has 0 atom stereocenters. The lowest BCUT2D eigenvalue weighted by molar-refractivity contribution is 0.872. The van der Waals surface area contributed by atoms with Gasteiger partial charge in [0.2, 0.25) is 4.77 Å². The van der Waals surface area contributed by atoms with Crippen molar-refractivity contribution in [2.24, 2.45) is 5.10 Å². The number of rotatable bonds is 4. The van der Waals surface area contributed by atoms with E-state index in [1.54, 1.807) is 23.0 Å². The lowest BCUT2D eigenvalue weighted by atomic mass is 10.2. The van der Waals surface area contributed by atoms with Crippen LogP contribution in [-0.4, -0.2) is 21.1 Å². The summed E-state index contributed by atoms with van der Waals surface area (Å²) in [7, 11) is 0. The minimum absolute atomic E-state index is 0.413. The number of nitrogens with zero attached hydrogens (tertiary/aromatic N) is 3. The number of nitrogens with one attached hydrogen (secondary N) is 1. The van der Waals surface area contributed by atoms with Crippen LogP contribution in [-0.2, 0) is 0 Å². The molecule has 0 amide bonds. The number of benzene rings is 2. The van der Waals surface area contributed by atoms with Gasteiger partial charge in [0, 0.05) is 15.1 Å². The lowest BCUT2D eigenvalue weighted by Gasteiger charge is -2.01. The molecule has 0 spiro atoms. The number of halogens is 2. The molecular weight excluding hydrogens is 408 g/mol. The quantitative estimate of drug-likeness (QED) is 0.446. The number of hydrogen-bond acceptors (Lipinski definition) is 3. The molecular formula is C17H12BrClN4S. The Bertz CT molecular complexity index is 943. The normalized spacial score (nSPS) is 12.0. The second-order valence-electron chi connectivity index (χ2n) is 4.86. The van der Waals surface area contributed by atoms with Crippen molar-refractivity contribution in [1.29, 1.82) is 0 Å². The molecule has 1 aromatic heterocycles. The largest absolute Gasteiger partial charge is 0.250 e. The minimum Gasteiger partial charge on any atom is -0.250 e. The molecule has 0 unspecified atom stereocenters. The summed E-state index contributed by atoms with van der Waals surface area (Å²) in [6.45, 7) is 0. The first kappa shape index (κ1) is 16.8. The van der Waals surface area contributed by atoms with E-state index in [4.69, 9.17) is 23.8 Å². The number of aromatic amines is 1. The molecule has 0 radical (unpaired) electrons. The van der Waals surface area contributed by atoms with Gasteiger partial charge in [0.1, 0.15) is 0 Å². The van der Waals surface area contributed by atoms with Crippen molar-refractivity contribution in [2.45, 2.75) is 0 Å². The molecule has 0 aliphatic rings. The van der Waals surface area contributed by atoms with E-state index in [1.165, 1.54) is 0 Å². The van der Waals surface area contributed by atoms with Gasteiger partial charge in [-0.1, -0.05) is 41.9 Å². The summed E-state index contributed by atoms with van der Waals surface area (Å²) in [5.74, 6) is 0.618. The fourth-order valence-corrected chi connectivity index (χ4v) is 2.70. The van der Waals surface area contributed by atoms with Gasteiger partial charge in [-0.2, -0.15) is 14.9 Å². The first-order valence-corrected chi connectivity index (χ1v) is 8.61. The van der Waals surface area contributed by atoms with Crippen LogP contribution in [0.4, 0.5) is 0 Å². The van der Waals surface area contributed by atoms with E-state index in [2.05, 4.69) is 31.2 Å².